The summed E-state index contributed by atoms with van der Waals surface area (Å²) in [5.41, 5.74) is 1.34. The van der Waals surface area contributed by atoms with Gasteiger partial charge in [-0.25, -0.2) is 4.98 Å². The molecule has 1 fully saturated rings. The van der Waals surface area contributed by atoms with Gasteiger partial charge < -0.3 is 9.46 Å². The molecule has 0 aliphatic carbocycles. The molecule has 30 heavy (non-hydrogen) atoms. The van der Waals surface area contributed by atoms with Gasteiger partial charge in [0.2, 0.25) is 5.95 Å². The first kappa shape index (κ1) is 21.0. The number of pyridine rings is 1. The molecule has 0 bridgehead atoms. The Kier molecular flexibility index (Phi) is 7.10. The van der Waals surface area contributed by atoms with Crippen molar-refractivity contribution in [3.63, 3.8) is 0 Å². The first-order valence-corrected chi connectivity index (χ1v) is 11.1. The smallest absolute Gasteiger partial charge is 0.214 e. The van der Waals surface area contributed by atoms with E-state index < -0.39 is 5.95 Å². The number of rotatable bonds is 7. The molecule has 4 nitrogen and oxygen atoms in total. The van der Waals surface area contributed by atoms with Gasteiger partial charge in [0, 0.05) is 24.5 Å². The van der Waals surface area contributed by atoms with Crippen molar-refractivity contribution >= 4 is 29.4 Å². The summed E-state index contributed by atoms with van der Waals surface area (Å²) in [6.07, 6.45) is 2.13. The maximum absolute atomic E-state index is 13.2. The number of piperidine rings is 1. The fourth-order valence-corrected chi connectivity index (χ4v) is 4.36. The molecule has 156 valence electrons. The van der Waals surface area contributed by atoms with Crippen LogP contribution in [-0.4, -0.2) is 29.1 Å². The molecule has 2 aromatic carbocycles. The van der Waals surface area contributed by atoms with Crippen molar-refractivity contribution in [2.45, 2.75) is 30.4 Å². The van der Waals surface area contributed by atoms with Gasteiger partial charge in [-0.15, -0.1) is 0 Å². The quantitative estimate of drug-likeness (QED) is 0.356. The topological polar surface area (TPSA) is 37.4 Å². The molecule has 0 saturated carbocycles. The van der Waals surface area contributed by atoms with E-state index in [0.29, 0.717) is 16.6 Å². The van der Waals surface area contributed by atoms with E-state index in [0.717, 1.165) is 37.4 Å². The van der Waals surface area contributed by atoms with Crippen LogP contribution in [0.15, 0.2) is 71.6 Å². The summed E-state index contributed by atoms with van der Waals surface area (Å²) in [7, 11) is 0. The lowest BCUT2D eigenvalue weighted by atomic mass is 10.1. The third-order valence-corrected chi connectivity index (χ3v) is 6.07. The van der Waals surface area contributed by atoms with Gasteiger partial charge in [-0.2, -0.15) is 4.39 Å². The van der Waals surface area contributed by atoms with Gasteiger partial charge in [0.25, 0.3) is 0 Å². The molecule has 0 spiro atoms. The SMILES string of the molecule is Fc1cccc(NSc2ccc(OC3CCN(Cc4ccccc4)CC3)c(Cl)c2)n1. The molecular formula is C23H23ClFN3OS. The summed E-state index contributed by atoms with van der Waals surface area (Å²) >= 11 is 7.77. The van der Waals surface area contributed by atoms with Gasteiger partial charge in [-0.1, -0.05) is 48.0 Å². The minimum Gasteiger partial charge on any atom is -0.489 e. The predicted molar refractivity (Wildman–Crippen MR) is 120 cm³/mol. The van der Waals surface area contributed by atoms with Gasteiger partial charge >= 0.3 is 0 Å². The van der Waals surface area contributed by atoms with Crippen molar-refractivity contribution in [1.29, 1.82) is 0 Å². The lowest BCUT2D eigenvalue weighted by Crippen LogP contribution is -2.37. The molecule has 1 aromatic heterocycles. The molecule has 3 aromatic rings. The lowest BCUT2D eigenvalue weighted by molar-refractivity contribution is 0.0968. The Balaban J connectivity index is 1.27. The van der Waals surface area contributed by atoms with Gasteiger partial charge in [0.1, 0.15) is 17.7 Å². The Morgan fingerprint density at radius 3 is 2.60 bits per heavy atom. The number of benzene rings is 2. The van der Waals surface area contributed by atoms with Gasteiger partial charge in [0.15, 0.2) is 0 Å². The largest absolute Gasteiger partial charge is 0.489 e. The van der Waals surface area contributed by atoms with Crippen LogP contribution in [0.3, 0.4) is 0 Å². The zero-order valence-electron chi connectivity index (χ0n) is 16.4. The van der Waals surface area contributed by atoms with Crippen LogP contribution < -0.4 is 9.46 Å². The summed E-state index contributed by atoms with van der Waals surface area (Å²) in [5.74, 6) is 0.641. The van der Waals surface area contributed by atoms with Crippen molar-refractivity contribution < 1.29 is 9.13 Å². The van der Waals surface area contributed by atoms with E-state index in [1.54, 1.807) is 12.1 Å². The monoisotopic (exact) mass is 443 g/mol. The first-order valence-electron chi connectivity index (χ1n) is 9.93. The second-order valence-electron chi connectivity index (χ2n) is 7.22. The fraction of sp³-hybridized carbons (Fsp3) is 0.261. The number of likely N-dealkylation sites (tertiary alicyclic amines) is 1. The second kappa shape index (κ2) is 10.2. The van der Waals surface area contributed by atoms with E-state index >= 15 is 0 Å². The van der Waals surface area contributed by atoms with Crippen LogP contribution in [0, 0.1) is 5.95 Å². The summed E-state index contributed by atoms with van der Waals surface area (Å²) < 4.78 is 22.3. The predicted octanol–water partition coefficient (Wildman–Crippen LogP) is 6.04. The second-order valence-corrected chi connectivity index (χ2v) is 8.51. The van der Waals surface area contributed by atoms with Crippen molar-refractivity contribution in [2.75, 3.05) is 17.8 Å². The Bertz CT molecular complexity index is 968. The first-order chi connectivity index (χ1) is 14.7. The van der Waals surface area contributed by atoms with Crippen molar-refractivity contribution in [2.24, 2.45) is 0 Å². The summed E-state index contributed by atoms with van der Waals surface area (Å²) in [4.78, 5) is 7.14. The highest BCUT2D eigenvalue weighted by Crippen LogP contribution is 2.32. The number of halogens is 2. The van der Waals surface area contributed by atoms with Crippen molar-refractivity contribution in [3.8, 4) is 5.75 Å². The Labute approximate surface area is 185 Å². The molecule has 4 rings (SSSR count). The highest BCUT2D eigenvalue weighted by Gasteiger charge is 2.21. The molecule has 1 aliphatic heterocycles. The van der Waals surface area contributed by atoms with Crippen LogP contribution in [0.1, 0.15) is 18.4 Å². The number of nitrogens with one attached hydrogen (secondary N) is 1. The Morgan fingerprint density at radius 2 is 1.87 bits per heavy atom. The van der Waals surface area contributed by atoms with Crippen LogP contribution in [0.4, 0.5) is 10.2 Å². The Morgan fingerprint density at radius 1 is 1.07 bits per heavy atom. The third-order valence-electron chi connectivity index (χ3n) is 4.97. The minimum absolute atomic E-state index is 0.169. The van der Waals surface area contributed by atoms with Gasteiger partial charge in [-0.3, -0.25) is 4.90 Å². The molecule has 7 heteroatoms. The lowest BCUT2D eigenvalue weighted by Gasteiger charge is -2.32. The van der Waals surface area contributed by atoms with Crippen LogP contribution in [-0.2, 0) is 6.54 Å². The number of ether oxygens (including phenoxy) is 1. The molecule has 0 atom stereocenters. The standard InChI is InChI=1S/C23H23ClFN3OS/c24-20-15-19(30-27-23-8-4-7-22(25)26-23)9-10-21(20)29-18-11-13-28(14-12-18)16-17-5-2-1-3-6-17/h1-10,15,18H,11-14,16H2,(H,26,27). The van der Waals surface area contributed by atoms with Gasteiger partial charge in [0.05, 0.1) is 5.02 Å². The van der Waals surface area contributed by atoms with Crippen LogP contribution in [0.2, 0.25) is 5.02 Å². The number of hydrogen-bond acceptors (Lipinski definition) is 5. The van der Waals surface area contributed by atoms with Crippen molar-refractivity contribution in [1.82, 2.24) is 9.88 Å². The zero-order valence-corrected chi connectivity index (χ0v) is 18.0. The van der Waals surface area contributed by atoms with E-state index in [1.807, 2.05) is 24.3 Å². The maximum atomic E-state index is 13.2. The summed E-state index contributed by atoms with van der Waals surface area (Å²) in [5, 5.41) is 0.570. The molecule has 0 radical (unpaired) electrons. The number of aromatic nitrogens is 1. The average Bonchev–Trinajstić information content (AvgIpc) is 2.76. The molecule has 1 N–H and O–H groups in total. The van der Waals surface area contributed by atoms with E-state index in [4.69, 9.17) is 16.3 Å². The zero-order chi connectivity index (χ0) is 20.8. The third kappa shape index (κ3) is 5.88. The molecule has 2 heterocycles. The highest BCUT2D eigenvalue weighted by atomic mass is 35.5. The highest BCUT2D eigenvalue weighted by molar-refractivity contribution is 8.00. The van der Waals surface area contributed by atoms with E-state index in [2.05, 4.69) is 38.9 Å². The fourth-order valence-electron chi connectivity index (χ4n) is 3.42. The number of hydrogen-bond donors (Lipinski definition) is 1. The van der Waals surface area contributed by atoms with E-state index in [-0.39, 0.29) is 6.10 Å². The normalized spacial score (nSPS) is 15.1. The maximum Gasteiger partial charge on any atom is 0.214 e. The van der Waals surface area contributed by atoms with Crippen LogP contribution in [0.5, 0.6) is 5.75 Å². The molecule has 1 aliphatic rings. The summed E-state index contributed by atoms with van der Waals surface area (Å²) in [6.45, 7) is 3.00. The molecule has 0 unspecified atom stereocenters. The van der Waals surface area contributed by atoms with Gasteiger partial charge in [-0.05, 0) is 60.7 Å². The molecular weight excluding hydrogens is 421 g/mol. The Hall–Kier alpha value is -2.28. The summed E-state index contributed by atoms with van der Waals surface area (Å²) in [6, 6.07) is 20.8. The van der Waals surface area contributed by atoms with Crippen LogP contribution in [0.25, 0.3) is 0 Å². The average molecular weight is 444 g/mol. The van der Waals surface area contributed by atoms with E-state index in [9.17, 15) is 4.39 Å². The van der Waals surface area contributed by atoms with E-state index in [1.165, 1.54) is 23.6 Å². The number of nitrogens with zero attached hydrogens (tertiary/aromatic N) is 2. The van der Waals surface area contributed by atoms with Crippen LogP contribution >= 0.6 is 23.5 Å². The number of anilines is 1. The minimum atomic E-state index is -0.516. The van der Waals surface area contributed by atoms with Crippen molar-refractivity contribution in [3.05, 3.63) is 83.3 Å². The molecule has 1 saturated heterocycles. The molecule has 0 amide bonds.